The maximum absolute atomic E-state index is 13.9. The number of benzene rings is 2. The minimum Gasteiger partial charge on any atom is -0.412 e. The molecule has 0 amide bonds. The van der Waals surface area contributed by atoms with E-state index >= 15 is 0 Å². The van der Waals surface area contributed by atoms with E-state index in [1.807, 2.05) is 25.1 Å². The van der Waals surface area contributed by atoms with Gasteiger partial charge in [0, 0.05) is 18.9 Å². The fourth-order valence-electron chi connectivity index (χ4n) is 4.07. The van der Waals surface area contributed by atoms with E-state index in [2.05, 4.69) is 20.6 Å². The summed E-state index contributed by atoms with van der Waals surface area (Å²) in [5, 5.41) is 6.25. The summed E-state index contributed by atoms with van der Waals surface area (Å²) in [5.41, 5.74) is 2.89. The number of carbonyl (C=O) groups is 1. The molecule has 0 saturated carbocycles. The van der Waals surface area contributed by atoms with Crippen LogP contribution in [0, 0.1) is 17.6 Å². The summed E-state index contributed by atoms with van der Waals surface area (Å²) in [6.07, 6.45) is 1.04. The highest BCUT2D eigenvalue weighted by Crippen LogP contribution is 2.33. The van der Waals surface area contributed by atoms with Crippen molar-refractivity contribution in [2.75, 3.05) is 5.32 Å². The van der Waals surface area contributed by atoms with Crippen molar-refractivity contribution in [3.8, 4) is 0 Å². The lowest BCUT2D eigenvalue weighted by molar-refractivity contribution is -0.502. The van der Waals surface area contributed by atoms with E-state index < -0.39 is 17.7 Å². The van der Waals surface area contributed by atoms with Crippen molar-refractivity contribution in [2.45, 2.75) is 25.8 Å². The first kappa shape index (κ1) is 18.5. The molecule has 2 heterocycles. The van der Waals surface area contributed by atoms with E-state index in [1.54, 1.807) is 6.07 Å². The SMILES string of the molecule is C[C@H]1CC(=O)C2=C(C1)NC(Nc1nc3ccccc3o1)=[NH+][C@H]2c1cc(F)cc(F)c1. The maximum atomic E-state index is 13.9. The lowest BCUT2D eigenvalue weighted by atomic mass is 9.81. The van der Waals surface area contributed by atoms with Crippen LogP contribution in [0.4, 0.5) is 14.8 Å². The zero-order chi connectivity index (χ0) is 20.8. The second kappa shape index (κ2) is 7.05. The summed E-state index contributed by atoms with van der Waals surface area (Å²) in [4.78, 5) is 20.3. The standard InChI is InChI=1S/C22H18F2N4O2/c1-11-6-16-19(17(29)7-11)20(12-8-13(23)10-14(24)9-12)27-21(25-16)28-22-26-15-4-2-3-5-18(15)30-22/h2-5,8-11,20H,6-7H2,1H3,(H2,25,26,27,28)/p+1/t11-,20+/m1/s1. The van der Waals surface area contributed by atoms with Crippen molar-refractivity contribution in [3.63, 3.8) is 0 Å². The van der Waals surface area contributed by atoms with Crippen LogP contribution in [-0.2, 0) is 4.79 Å². The highest BCUT2D eigenvalue weighted by atomic mass is 19.1. The van der Waals surface area contributed by atoms with Crippen molar-refractivity contribution < 1.29 is 23.0 Å². The molecule has 2 aromatic carbocycles. The number of halogens is 2. The zero-order valence-corrected chi connectivity index (χ0v) is 16.1. The van der Waals surface area contributed by atoms with Gasteiger partial charge in [-0.2, -0.15) is 10.3 Å². The number of nitrogens with zero attached hydrogens (tertiary/aromatic N) is 1. The predicted molar refractivity (Wildman–Crippen MR) is 106 cm³/mol. The van der Waals surface area contributed by atoms with Crippen molar-refractivity contribution >= 4 is 28.9 Å². The molecule has 8 heteroatoms. The number of oxazole rings is 1. The summed E-state index contributed by atoms with van der Waals surface area (Å²) < 4.78 is 33.5. The number of Topliss-reactive ketones (excluding diaryl/α,β-unsaturated/α-hetero) is 1. The highest BCUT2D eigenvalue weighted by molar-refractivity contribution is 6.01. The van der Waals surface area contributed by atoms with Crippen molar-refractivity contribution in [1.82, 2.24) is 10.3 Å². The molecule has 0 unspecified atom stereocenters. The van der Waals surface area contributed by atoms with Gasteiger partial charge in [-0.25, -0.2) is 14.1 Å². The number of hydrogen-bond donors (Lipinski definition) is 3. The van der Waals surface area contributed by atoms with Crippen molar-refractivity contribution in [2.24, 2.45) is 5.92 Å². The van der Waals surface area contributed by atoms with Gasteiger partial charge in [0.25, 0.3) is 0 Å². The van der Waals surface area contributed by atoms with Gasteiger partial charge in [0.15, 0.2) is 11.4 Å². The third-order valence-corrected chi connectivity index (χ3v) is 5.31. The molecule has 1 aliphatic carbocycles. The number of para-hydroxylation sites is 2. The van der Waals surface area contributed by atoms with E-state index in [0.717, 1.165) is 11.8 Å². The summed E-state index contributed by atoms with van der Waals surface area (Å²) >= 11 is 0. The second-order valence-electron chi connectivity index (χ2n) is 7.72. The summed E-state index contributed by atoms with van der Waals surface area (Å²) in [5.74, 6) is -0.844. The van der Waals surface area contributed by atoms with Crippen LogP contribution >= 0.6 is 0 Å². The number of ketones is 1. The number of fused-ring (bicyclic) bond motifs is 1. The smallest absolute Gasteiger partial charge is 0.365 e. The third-order valence-electron chi connectivity index (χ3n) is 5.31. The monoisotopic (exact) mass is 409 g/mol. The number of nitrogens with one attached hydrogen (secondary N) is 3. The molecule has 2 aliphatic rings. The Kier molecular flexibility index (Phi) is 4.34. The number of guanidine groups is 1. The Morgan fingerprint density at radius 2 is 1.93 bits per heavy atom. The van der Waals surface area contributed by atoms with Crippen LogP contribution in [0.3, 0.4) is 0 Å². The van der Waals surface area contributed by atoms with E-state index in [1.165, 1.54) is 12.1 Å². The summed E-state index contributed by atoms with van der Waals surface area (Å²) in [6.45, 7) is 2.00. The molecule has 0 spiro atoms. The molecule has 152 valence electrons. The van der Waals surface area contributed by atoms with Crippen molar-refractivity contribution in [1.29, 1.82) is 0 Å². The summed E-state index contributed by atoms with van der Waals surface area (Å²) in [7, 11) is 0. The highest BCUT2D eigenvalue weighted by Gasteiger charge is 2.38. The van der Waals surface area contributed by atoms with E-state index in [4.69, 9.17) is 4.42 Å². The third kappa shape index (κ3) is 3.34. The lowest BCUT2D eigenvalue weighted by Gasteiger charge is -2.29. The Bertz CT molecular complexity index is 1180. The Morgan fingerprint density at radius 3 is 2.70 bits per heavy atom. The largest absolute Gasteiger partial charge is 0.412 e. The van der Waals surface area contributed by atoms with Gasteiger partial charge in [0.05, 0.1) is 11.3 Å². The molecule has 0 saturated heterocycles. The molecular weight excluding hydrogens is 390 g/mol. The van der Waals surface area contributed by atoms with Gasteiger partial charge in [0.1, 0.15) is 23.2 Å². The van der Waals surface area contributed by atoms with E-state index in [0.29, 0.717) is 41.0 Å². The number of aromatic nitrogens is 1. The summed E-state index contributed by atoms with van der Waals surface area (Å²) in [6, 6.07) is 10.2. The topological polar surface area (TPSA) is 81.1 Å². The first-order valence-electron chi connectivity index (χ1n) is 9.71. The fourth-order valence-corrected chi connectivity index (χ4v) is 4.07. The normalized spacial score (nSPS) is 21.3. The van der Waals surface area contributed by atoms with Gasteiger partial charge in [-0.05, 0) is 35.7 Å². The van der Waals surface area contributed by atoms with Gasteiger partial charge >= 0.3 is 12.0 Å². The molecule has 5 rings (SSSR count). The molecule has 30 heavy (non-hydrogen) atoms. The quantitative estimate of drug-likeness (QED) is 0.606. The average molecular weight is 409 g/mol. The Balaban J connectivity index is 1.55. The molecule has 1 aliphatic heterocycles. The van der Waals surface area contributed by atoms with Crippen molar-refractivity contribution in [3.05, 3.63) is 70.9 Å². The van der Waals surface area contributed by atoms with Crippen LogP contribution in [0.1, 0.15) is 31.4 Å². The number of hydrogen-bond acceptors (Lipinski definition) is 5. The molecule has 0 radical (unpaired) electrons. The van der Waals surface area contributed by atoms with Crippen LogP contribution < -0.4 is 15.6 Å². The van der Waals surface area contributed by atoms with Crippen LogP contribution in [0.5, 0.6) is 0 Å². The van der Waals surface area contributed by atoms with Gasteiger partial charge in [0.2, 0.25) is 0 Å². The van der Waals surface area contributed by atoms with Crippen LogP contribution in [0.2, 0.25) is 0 Å². The first-order valence-corrected chi connectivity index (χ1v) is 9.71. The van der Waals surface area contributed by atoms with Gasteiger partial charge in [-0.15, -0.1) is 0 Å². The zero-order valence-electron chi connectivity index (χ0n) is 16.1. The van der Waals surface area contributed by atoms with Crippen LogP contribution in [0.25, 0.3) is 11.1 Å². The van der Waals surface area contributed by atoms with E-state index in [-0.39, 0.29) is 17.7 Å². The van der Waals surface area contributed by atoms with Crippen LogP contribution in [-0.4, -0.2) is 16.7 Å². The molecule has 0 fully saturated rings. The predicted octanol–water partition coefficient (Wildman–Crippen LogP) is 2.55. The molecule has 3 aromatic rings. The minimum atomic E-state index is -0.697. The maximum Gasteiger partial charge on any atom is 0.365 e. The molecule has 1 aromatic heterocycles. The second-order valence-corrected chi connectivity index (χ2v) is 7.72. The molecule has 3 N–H and O–H groups in total. The fraction of sp³-hybridized carbons (Fsp3) is 0.227. The lowest BCUT2D eigenvalue weighted by Crippen LogP contribution is -2.82. The molecular formula is C22H19F2N4O2+. The molecule has 2 atom stereocenters. The Morgan fingerprint density at radius 1 is 1.17 bits per heavy atom. The van der Waals surface area contributed by atoms with E-state index in [9.17, 15) is 13.6 Å². The number of allylic oxidation sites excluding steroid dienone is 1. The Labute approximate surface area is 170 Å². The number of carbonyl (C=O) groups excluding carboxylic acids is 1. The first-order chi connectivity index (χ1) is 14.5. The molecule has 6 nitrogen and oxygen atoms in total. The van der Waals surface area contributed by atoms with Gasteiger partial charge in [-0.3, -0.25) is 9.79 Å². The van der Waals surface area contributed by atoms with Gasteiger partial charge in [-0.1, -0.05) is 19.1 Å². The molecule has 0 bridgehead atoms. The number of rotatable bonds is 2. The number of anilines is 1. The average Bonchev–Trinajstić information content (AvgIpc) is 3.08. The minimum absolute atomic E-state index is 0.0423. The Hall–Kier alpha value is -3.55. The van der Waals surface area contributed by atoms with Gasteiger partial charge < -0.3 is 4.42 Å². The van der Waals surface area contributed by atoms with Crippen LogP contribution in [0.15, 0.2) is 58.2 Å².